The van der Waals surface area contributed by atoms with Gasteiger partial charge in [-0.25, -0.2) is 0 Å². The topological polar surface area (TPSA) is 32.3 Å². The Morgan fingerprint density at radius 1 is 1.00 bits per heavy atom. The number of aromatic hydroxyl groups is 1. The van der Waals surface area contributed by atoms with Crippen molar-refractivity contribution in [3.8, 4) is 5.75 Å². The van der Waals surface area contributed by atoms with Crippen molar-refractivity contribution in [1.82, 2.24) is 5.32 Å². The quantitative estimate of drug-likeness (QED) is 0.743. The molecule has 0 saturated carbocycles. The Kier molecular flexibility index (Phi) is 5.63. The number of phenolic OH excluding ortho intramolecular Hbond substituents is 1. The van der Waals surface area contributed by atoms with Crippen molar-refractivity contribution >= 4 is 0 Å². The third-order valence-electron chi connectivity index (χ3n) is 3.52. The summed E-state index contributed by atoms with van der Waals surface area (Å²) >= 11 is 0. The van der Waals surface area contributed by atoms with E-state index in [0.29, 0.717) is 5.75 Å². The van der Waals surface area contributed by atoms with Crippen LogP contribution in [0.4, 0.5) is 0 Å². The second-order valence-corrected chi connectivity index (χ2v) is 5.11. The first-order valence-electron chi connectivity index (χ1n) is 7.36. The van der Waals surface area contributed by atoms with Gasteiger partial charge in [-0.15, -0.1) is 0 Å². The van der Waals surface area contributed by atoms with Crippen LogP contribution in [0.15, 0.2) is 54.6 Å². The fourth-order valence-electron chi connectivity index (χ4n) is 2.38. The van der Waals surface area contributed by atoms with Gasteiger partial charge in [-0.05, 0) is 31.0 Å². The van der Waals surface area contributed by atoms with Crippen molar-refractivity contribution in [3.63, 3.8) is 0 Å². The molecule has 2 N–H and O–H groups in total. The standard InChI is InChI=1S/C18H23NO/c1-2-3-13-19-17(14-15-9-5-4-6-10-15)16-11-7-8-12-18(16)20/h4-12,17,19-20H,2-3,13-14H2,1H3. The lowest BCUT2D eigenvalue weighted by Crippen LogP contribution is -2.24. The molecule has 1 unspecified atom stereocenters. The van der Waals surface area contributed by atoms with Gasteiger partial charge in [0.05, 0.1) is 0 Å². The van der Waals surface area contributed by atoms with Gasteiger partial charge in [-0.1, -0.05) is 61.9 Å². The SMILES string of the molecule is CCCCNC(Cc1ccccc1)c1ccccc1O. The number of benzene rings is 2. The lowest BCUT2D eigenvalue weighted by molar-refractivity contribution is 0.442. The first kappa shape index (κ1) is 14.6. The molecule has 0 aliphatic carbocycles. The van der Waals surface area contributed by atoms with E-state index in [1.165, 1.54) is 12.0 Å². The molecule has 0 heterocycles. The molecule has 2 aromatic rings. The molecule has 0 aliphatic rings. The van der Waals surface area contributed by atoms with E-state index in [1.54, 1.807) is 6.07 Å². The predicted molar refractivity (Wildman–Crippen MR) is 83.9 cm³/mol. The van der Waals surface area contributed by atoms with Gasteiger partial charge >= 0.3 is 0 Å². The van der Waals surface area contributed by atoms with Crippen LogP contribution in [0.3, 0.4) is 0 Å². The van der Waals surface area contributed by atoms with E-state index in [-0.39, 0.29) is 6.04 Å². The van der Waals surface area contributed by atoms with E-state index in [0.717, 1.165) is 24.9 Å². The minimum absolute atomic E-state index is 0.158. The maximum Gasteiger partial charge on any atom is 0.120 e. The van der Waals surface area contributed by atoms with Gasteiger partial charge in [0.1, 0.15) is 5.75 Å². The van der Waals surface area contributed by atoms with Gasteiger partial charge in [-0.2, -0.15) is 0 Å². The number of para-hydroxylation sites is 1. The normalized spacial score (nSPS) is 12.2. The molecule has 20 heavy (non-hydrogen) atoms. The Balaban J connectivity index is 2.14. The highest BCUT2D eigenvalue weighted by atomic mass is 16.3. The molecule has 0 aliphatic heterocycles. The fourth-order valence-corrected chi connectivity index (χ4v) is 2.38. The van der Waals surface area contributed by atoms with Gasteiger partial charge in [0, 0.05) is 11.6 Å². The number of hydrogen-bond donors (Lipinski definition) is 2. The van der Waals surface area contributed by atoms with Crippen molar-refractivity contribution in [3.05, 3.63) is 65.7 Å². The van der Waals surface area contributed by atoms with E-state index < -0.39 is 0 Å². The van der Waals surface area contributed by atoms with Crippen LogP contribution in [0.25, 0.3) is 0 Å². The Bertz CT molecular complexity index is 510. The summed E-state index contributed by atoms with van der Waals surface area (Å²) in [5.74, 6) is 0.373. The molecule has 1 atom stereocenters. The summed E-state index contributed by atoms with van der Waals surface area (Å²) in [6, 6.07) is 18.2. The average molecular weight is 269 g/mol. The monoisotopic (exact) mass is 269 g/mol. The zero-order valence-corrected chi connectivity index (χ0v) is 12.0. The minimum Gasteiger partial charge on any atom is -0.508 e. The molecular weight excluding hydrogens is 246 g/mol. The van der Waals surface area contributed by atoms with Crippen molar-refractivity contribution in [2.75, 3.05) is 6.54 Å². The van der Waals surface area contributed by atoms with Crippen molar-refractivity contribution in [2.24, 2.45) is 0 Å². The van der Waals surface area contributed by atoms with E-state index in [2.05, 4.69) is 36.5 Å². The van der Waals surface area contributed by atoms with Gasteiger partial charge in [0.25, 0.3) is 0 Å². The average Bonchev–Trinajstić information content (AvgIpc) is 2.48. The van der Waals surface area contributed by atoms with Crippen molar-refractivity contribution < 1.29 is 5.11 Å². The highest BCUT2D eigenvalue weighted by molar-refractivity contribution is 5.35. The number of rotatable bonds is 7. The summed E-state index contributed by atoms with van der Waals surface area (Å²) in [5.41, 5.74) is 2.26. The van der Waals surface area contributed by atoms with Crippen LogP contribution in [0.2, 0.25) is 0 Å². The number of hydrogen-bond acceptors (Lipinski definition) is 2. The highest BCUT2D eigenvalue weighted by Gasteiger charge is 2.14. The van der Waals surface area contributed by atoms with Crippen LogP contribution in [0, 0.1) is 0 Å². The van der Waals surface area contributed by atoms with E-state index in [1.807, 2.05) is 24.3 Å². The van der Waals surface area contributed by atoms with Crippen molar-refractivity contribution in [2.45, 2.75) is 32.2 Å². The Morgan fingerprint density at radius 3 is 2.40 bits per heavy atom. The Labute approximate surface area is 121 Å². The van der Waals surface area contributed by atoms with E-state index in [4.69, 9.17) is 0 Å². The molecule has 0 aromatic heterocycles. The largest absolute Gasteiger partial charge is 0.508 e. The first-order chi connectivity index (χ1) is 9.81. The predicted octanol–water partition coefficient (Wildman–Crippen LogP) is 4.07. The molecule has 0 fully saturated rings. The van der Waals surface area contributed by atoms with E-state index in [9.17, 15) is 5.11 Å². The Hall–Kier alpha value is -1.80. The lowest BCUT2D eigenvalue weighted by atomic mass is 9.98. The Morgan fingerprint density at radius 2 is 1.70 bits per heavy atom. The molecule has 2 aromatic carbocycles. The van der Waals surface area contributed by atoms with Crippen LogP contribution in [0.5, 0.6) is 5.75 Å². The summed E-state index contributed by atoms with van der Waals surface area (Å²) in [4.78, 5) is 0. The number of unbranched alkanes of at least 4 members (excludes halogenated alkanes) is 1. The summed E-state index contributed by atoms with van der Waals surface area (Å²) in [6.07, 6.45) is 3.22. The van der Waals surface area contributed by atoms with Crippen LogP contribution < -0.4 is 5.32 Å². The second-order valence-electron chi connectivity index (χ2n) is 5.11. The van der Waals surface area contributed by atoms with Crippen LogP contribution in [-0.4, -0.2) is 11.7 Å². The summed E-state index contributed by atoms with van der Waals surface area (Å²) in [5, 5.41) is 13.6. The smallest absolute Gasteiger partial charge is 0.120 e. The molecule has 0 radical (unpaired) electrons. The van der Waals surface area contributed by atoms with Crippen molar-refractivity contribution in [1.29, 1.82) is 0 Å². The molecule has 106 valence electrons. The summed E-state index contributed by atoms with van der Waals surface area (Å²) in [7, 11) is 0. The second kappa shape index (κ2) is 7.71. The summed E-state index contributed by atoms with van der Waals surface area (Å²) < 4.78 is 0. The minimum atomic E-state index is 0.158. The van der Waals surface area contributed by atoms with Gasteiger partial charge in [-0.3, -0.25) is 0 Å². The summed E-state index contributed by atoms with van der Waals surface area (Å²) in [6.45, 7) is 3.16. The maximum atomic E-state index is 10.1. The number of phenols is 1. The molecule has 0 spiro atoms. The number of nitrogens with one attached hydrogen (secondary N) is 1. The van der Waals surface area contributed by atoms with Gasteiger partial charge in [0.2, 0.25) is 0 Å². The van der Waals surface area contributed by atoms with Crippen LogP contribution in [-0.2, 0) is 6.42 Å². The third-order valence-corrected chi connectivity index (χ3v) is 3.52. The zero-order chi connectivity index (χ0) is 14.2. The van der Waals surface area contributed by atoms with Gasteiger partial charge < -0.3 is 10.4 Å². The zero-order valence-electron chi connectivity index (χ0n) is 12.0. The first-order valence-corrected chi connectivity index (χ1v) is 7.36. The molecular formula is C18H23NO. The third kappa shape index (κ3) is 4.10. The molecule has 0 saturated heterocycles. The molecule has 0 amide bonds. The fraction of sp³-hybridized carbons (Fsp3) is 0.333. The molecule has 2 nitrogen and oxygen atoms in total. The maximum absolute atomic E-state index is 10.1. The molecule has 2 rings (SSSR count). The molecule has 2 heteroatoms. The van der Waals surface area contributed by atoms with Gasteiger partial charge in [0.15, 0.2) is 0 Å². The van der Waals surface area contributed by atoms with Crippen LogP contribution >= 0.6 is 0 Å². The van der Waals surface area contributed by atoms with Crippen LogP contribution in [0.1, 0.15) is 36.9 Å². The molecule has 0 bridgehead atoms. The lowest BCUT2D eigenvalue weighted by Gasteiger charge is -2.20. The van der Waals surface area contributed by atoms with E-state index >= 15 is 0 Å². The highest BCUT2D eigenvalue weighted by Crippen LogP contribution is 2.26.